The topological polar surface area (TPSA) is 105 Å². The summed E-state index contributed by atoms with van der Waals surface area (Å²) in [6.07, 6.45) is 1.91. The molecular formula is C13H15N3O4S2. The summed E-state index contributed by atoms with van der Waals surface area (Å²) < 4.78 is 47.6. The molecule has 9 heteroatoms. The Morgan fingerprint density at radius 3 is 2.68 bits per heavy atom. The Kier molecular flexibility index (Phi) is 3.89. The van der Waals surface area contributed by atoms with E-state index in [-0.39, 0.29) is 16.4 Å². The molecule has 1 fully saturated rings. The zero-order valence-corrected chi connectivity index (χ0v) is 13.2. The minimum absolute atomic E-state index is 0.0546. The van der Waals surface area contributed by atoms with Crippen molar-refractivity contribution in [1.82, 2.24) is 15.2 Å². The van der Waals surface area contributed by atoms with Gasteiger partial charge >= 0.3 is 0 Å². The highest BCUT2D eigenvalue weighted by atomic mass is 32.2. The number of hydrogen-bond acceptors (Lipinski definition) is 6. The summed E-state index contributed by atoms with van der Waals surface area (Å²) in [7, 11) is -6.90. The lowest BCUT2D eigenvalue weighted by atomic mass is 10.2. The van der Waals surface area contributed by atoms with Gasteiger partial charge in [0, 0.05) is 17.6 Å². The van der Waals surface area contributed by atoms with Crippen LogP contribution < -0.4 is 10.3 Å². The third-order valence-electron chi connectivity index (χ3n) is 3.52. The number of sulfone groups is 1. The highest BCUT2D eigenvalue weighted by Gasteiger charge is 2.29. The number of pyridine rings is 1. The zero-order valence-electron chi connectivity index (χ0n) is 11.6. The standard InChI is InChI=1S/C13H15N3O4S2/c17-21(18)8-6-11(9-21)15-16-22(19,20)12-5-1-3-10-4-2-7-14-13(10)12/h1-5,7,11,15-16H,6,8-9H2/t11-/m0/s1. The van der Waals surface area contributed by atoms with Gasteiger partial charge < -0.3 is 0 Å². The molecule has 1 atom stereocenters. The third kappa shape index (κ3) is 3.12. The van der Waals surface area contributed by atoms with Crippen LogP contribution in [-0.4, -0.2) is 39.4 Å². The third-order valence-corrected chi connectivity index (χ3v) is 6.58. The molecule has 0 spiro atoms. The van der Waals surface area contributed by atoms with Gasteiger partial charge in [-0.15, -0.1) is 4.83 Å². The predicted octanol–water partition coefficient (Wildman–Crippen LogP) is 0.205. The molecule has 0 amide bonds. The van der Waals surface area contributed by atoms with Crippen LogP contribution in [0.4, 0.5) is 0 Å². The van der Waals surface area contributed by atoms with E-state index in [4.69, 9.17) is 0 Å². The molecule has 2 N–H and O–H groups in total. The molecule has 2 aromatic rings. The van der Waals surface area contributed by atoms with Crippen molar-refractivity contribution in [2.24, 2.45) is 0 Å². The van der Waals surface area contributed by atoms with E-state index in [0.29, 0.717) is 17.3 Å². The Morgan fingerprint density at radius 2 is 1.95 bits per heavy atom. The fourth-order valence-corrected chi connectivity index (χ4v) is 5.21. The molecule has 0 saturated carbocycles. The molecule has 3 rings (SSSR count). The molecule has 7 nitrogen and oxygen atoms in total. The van der Waals surface area contributed by atoms with Crippen LogP contribution in [0.3, 0.4) is 0 Å². The van der Waals surface area contributed by atoms with Crippen molar-refractivity contribution in [3.63, 3.8) is 0 Å². The lowest BCUT2D eigenvalue weighted by Crippen LogP contribution is -2.44. The smallest absolute Gasteiger partial charge is 0.255 e. The maximum Gasteiger partial charge on any atom is 0.255 e. The van der Waals surface area contributed by atoms with Gasteiger partial charge in [0.2, 0.25) is 0 Å². The summed E-state index contributed by atoms with van der Waals surface area (Å²) in [5, 5.41) is 0.716. The summed E-state index contributed by atoms with van der Waals surface area (Å²) in [4.78, 5) is 6.43. The van der Waals surface area contributed by atoms with Gasteiger partial charge in [0.1, 0.15) is 4.90 Å². The Morgan fingerprint density at radius 1 is 1.18 bits per heavy atom. The lowest BCUT2D eigenvalue weighted by Gasteiger charge is -2.13. The van der Waals surface area contributed by atoms with E-state index in [1.807, 2.05) is 0 Å². The molecule has 0 aliphatic carbocycles. The zero-order chi connectivity index (χ0) is 15.8. The molecular weight excluding hydrogens is 326 g/mol. The number of fused-ring (bicyclic) bond motifs is 1. The number of hydrazine groups is 1. The number of sulfonamides is 1. The van der Waals surface area contributed by atoms with Gasteiger partial charge in [0.25, 0.3) is 10.0 Å². The normalized spacial score (nSPS) is 21.2. The van der Waals surface area contributed by atoms with Crippen LogP contribution in [0.25, 0.3) is 10.9 Å². The van der Waals surface area contributed by atoms with Gasteiger partial charge in [-0.25, -0.2) is 22.3 Å². The van der Waals surface area contributed by atoms with Crippen molar-refractivity contribution < 1.29 is 16.8 Å². The van der Waals surface area contributed by atoms with Crippen LogP contribution in [0.15, 0.2) is 41.4 Å². The second kappa shape index (κ2) is 5.58. The van der Waals surface area contributed by atoms with Crippen LogP contribution in [0.1, 0.15) is 6.42 Å². The largest absolute Gasteiger partial charge is 0.255 e. The highest BCUT2D eigenvalue weighted by Crippen LogP contribution is 2.20. The predicted molar refractivity (Wildman–Crippen MR) is 82.3 cm³/mol. The maximum absolute atomic E-state index is 12.4. The van der Waals surface area contributed by atoms with E-state index in [1.54, 1.807) is 24.3 Å². The summed E-state index contributed by atoms with van der Waals surface area (Å²) >= 11 is 0. The molecule has 2 heterocycles. The van der Waals surface area contributed by atoms with Crippen LogP contribution in [0.5, 0.6) is 0 Å². The molecule has 1 aromatic carbocycles. The van der Waals surface area contributed by atoms with Crippen molar-refractivity contribution in [3.8, 4) is 0 Å². The second-order valence-electron chi connectivity index (χ2n) is 5.18. The summed E-state index contributed by atoms with van der Waals surface area (Å²) in [5.41, 5.74) is 2.97. The minimum atomic E-state index is -3.83. The Balaban J connectivity index is 1.83. The molecule has 118 valence electrons. The van der Waals surface area contributed by atoms with Gasteiger partial charge in [-0.3, -0.25) is 4.98 Å². The van der Waals surface area contributed by atoms with Gasteiger partial charge in [-0.2, -0.15) is 0 Å². The number of benzene rings is 1. The fourth-order valence-electron chi connectivity index (χ4n) is 2.42. The van der Waals surface area contributed by atoms with Crippen molar-refractivity contribution in [2.75, 3.05) is 11.5 Å². The van der Waals surface area contributed by atoms with Gasteiger partial charge in [0.05, 0.1) is 17.0 Å². The Hall–Kier alpha value is -1.55. The van der Waals surface area contributed by atoms with Gasteiger partial charge in [-0.1, -0.05) is 18.2 Å². The average molecular weight is 341 g/mol. The minimum Gasteiger partial charge on any atom is -0.255 e. The highest BCUT2D eigenvalue weighted by molar-refractivity contribution is 7.91. The number of nitrogens with one attached hydrogen (secondary N) is 2. The first-order valence-electron chi connectivity index (χ1n) is 6.69. The SMILES string of the molecule is O=S1(=O)CC[C@H](NNS(=O)(=O)c2cccc3cccnc23)C1. The van der Waals surface area contributed by atoms with E-state index in [0.717, 1.165) is 0 Å². The number of nitrogens with zero attached hydrogens (tertiary/aromatic N) is 1. The molecule has 0 radical (unpaired) electrons. The second-order valence-corrected chi connectivity index (χ2v) is 9.06. The molecule has 22 heavy (non-hydrogen) atoms. The first-order valence-corrected chi connectivity index (χ1v) is 9.99. The fraction of sp³-hybridized carbons (Fsp3) is 0.308. The van der Waals surface area contributed by atoms with Crippen LogP contribution in [0.2, 0.25) is 0 Å². The molecule has 1 aliphatic heterocycles. The lowest BCUT2D eigenvalue weighted by molar-refractivity contribution is 0.506. The van der Waals surface area contributed by atoms with E-state index >= 15 is 0 Å². The monoisotopic (exact) mass is 341 g/mol. The Bertz CT molecular complexity index is 905. The maximum atomic E-state index is 12.4. The van der Waals surface area contributed by atoms with E-state index < -0.39 is 25.9 Å². The number of hydrogen-bond donors (Lipinski definition) is 2. The summed E-state index contributed by atoms with van der Waals surface area (Å²) in [6, 6.07) is 7.97. The molecule has 1 aliphatic rings. The first-order chi connectivity index (χ1) is 10.4. The van der Waals surface area contributed by atoms with Crippen LogP contribution in [0, 0.1) is 0 Å². The van der Waals surface area contributed by atoms with E-state index in [1.165, 1.54) is 12.3 Å². The van der Waals surface area contributed by atoms with Crippen molar-refractivity contribution >= 4 is 30.8 Å². The Labute approximate surface area is 128 Å². The summed E-state index contributed by atoms with van der Waals surface area (Å²) in [6.45, 7) is 0. The first kappa shape index (κ1) is 15.3. The van der Waals surface area contributed by atoms with Gasteiger partial charge in [-0.05, 0) is 18.6 Å². The number of rotatable bonds is 4. The van der Waals surface area contributed by atoms with E-state index in [2.05, 4.69) is 15.2 Å². The molecule has 1 aromatic heterocycles. The number of para-hydroxylation sites is 1. The van der Waals surface area contributed by atoms with Crippen LogP contribution >= 0.6 is 0 Å². The van der Waals surface area contributed by atoms with Crippen LogP contribution in [-0.2, 0) is 19.9 Å². The molecule has 0 bridgehead atoms. The molecule has 0 unspecified atom stereocenters. The van der Waals surface area contributed by atoms with Crippen molar-refractivity contribution in [3.05, 3.63) is 36.5 Å². The number of aromatic nitrogens is 1. The van der Waals surface area contributed by atoms with Crippen molar-refractivity contribution in [2.45, 2.75) is 17.4 Å². The van der Waals surface area contributed by atoms with Gasteiger partial charge in [0.15, 0.2) is 9.84 Å². The van der Waals surface area contributed by atoms with E-state index in [9.17, 15) is 16.8 Å². The van der Waals surface area contributed by atoms with Crippen molar-refractivity contribution in [1.29, 1.82) is 0 Å². The summed E-state index contributed by atoms with van der Waals surface area (Å²) in [5.74, 6) is 0.00548. The molecule has 1 saturated heterocycles. The average Bonchev–Trinajstić information content (AvgIpc) is 2.84. The quantitative estimate of drug-likeness (QED) is 0.770.